The van der Waals surface area contributed by atoms with Crippen LogP contribution in [-0.4, -0.2) is 18.4 Å². The first-order valence-electron chi connectivity index (χ1n) is 5.54. The van der Waals surface area contributed by atoms with Gasteiger partial charge in [0, 0.05) is 6.54 Å². The molecule has 0 aliphatic rings. The van der Waals surface area contributed by atoms with Crippen molar-refractivity contribution < 1.29 is 9.59 Å². The molecule has 17 heavy (non-hydrogen) atoms. The van der Waals surface area contributed by atoms with Crippen LogP contribution >= 0.6 is 0 Å². The lowest BCUT2D eigenvalue weighted by atomic mass is 10.1. The van der Waals surface area contributed by atoms with Crippen LogP contribution in [0, 0.1) is 12.3 Å². The second kappa shape index (κ2) is 6.68. The quantitative estimate of drug-likeness (QED) is 0.758. The molecule has 91 valence electrons. The predicted molar refractivity (Wildman–Crippen MR) is 65.8 cm³/mol. The molecule has 1 atom stereocenters. The maximum atomic E-state index is 11.4. The van der Waals surface area contributed by atoms with E-state index in [-0.39, 0.29) is 18.4 Å². The van der Waals surface area contributed by atoms with E-state index in [0.29, 0.717) is 6.42 Å². The van der Waals surface area contributed by atoms with Crippen molar-refractivity contribution in [2.75, 3.05) is 6.54 Å². The normalized spacial score (nSPS) is 11.8. The zero-order chi connectivity index (χ0) is 12.7. The van der Waals surface area contributed by atoms with E-state index in [1.165, 1.54) is 0 Å². The molecular formula is C13H17N2O2. The molecule has 0 aliphatic heterocycles. The lowest BCUT2D eigenvalue weighted by molar-refractivity contribution is -0.121. The van der Waals surface area contributed by atoms with Crippen LogP contribution in [0.2, 0.25) is 0 Å². The molecule has 1 aromatic carbocycles. The first-order valence-corrected chi connectivity index (χ1v) is 5.54. The van der Waals surface area contributed by atoms with Gasteiger partial charge in [0.1, 0.15) is 0 Å². The van der Waals surface area contributed by atoms with Crippen LogP contribution in [0.15, 0.2) is 30.3 Å². The van der Waals surface area contributed by atoms with Crippen molar-refractivity contribution in [1.29, 1.82) is 0 Å². The van der Waals surface area contributed by atoms with Crippen molar-refractivity contribution in [2.24, 2.45) is 11.7 Å². The number of amides is 2. The van der Waals surface area contributed by atoms with Crippen molar-refractivity contribution in [3.05, 3.63) is 42.3 Å². The molecule has 2 amide bonds. The molecule has 0 aromatic heterocycles. The Balaban J connectivity index is 2.24. The van der Waals surface area contributed by atoms with Gasteiger partial charge in [-0.2, -0.15) is 0 Å². The minimum Gasteiger partial charge on any atom is -0.369 e. The van der Waals surface area contributed by atoms with Gasteiger partial charge in [-0.15, -0.1) is 0 Å². The number of benzene rings is 1. The largest absolute Gasteiger partial charge is 0.369 e. The monoisotopic (exact) mass is 233 g/mol. The molecule has 1 radical (unpaired) electrons. The van der Waals surface area contributed by atoms with Crippen LogP contribution < -0.4 is 11.1 Å². The molecule has 4 nitrogen and oxygen atoms in total. The van der Waals surface area contributed by atoms with Crippen LogP contribution in [0.1, 0.15) is 12.5 Å². The van der Waals surface area contributed by atoms with Crippen molar-refractivity contribution in [3.63, 3.8) is 0 Å². The highest BCUT2D eigenvalue weighted by atomic mass is 16.2. The van der Waals surface area contributed by atoms with E-state index >= 15 is 0 Å². The number of nitrogens with two attached hydrogens (primary N) is 1. The lowest BCUT2D eigenvalue weighted by Gasteiger charge is -2.08. The standard InChI is InChI=1S/C13H17N2O2/c1-10(13(14)17)9-15-12(16)8-7-11-5-3-2-4-6-11/h2-6,8,10H,7,9H2,1H3,(H2,14,17)(H,15,16). The third-order valence-corrected chi connectivity index (χ3v) is 2.43. The van der Waals surface area contributed by atoms with Crippen LogP contribution in [0.25, 0.3) is 0 Å². The number of carbonyl (C=O) groups excluding carboxylic acids is 2. The molecular weight excluding hydrogens is 216 g/mol. The Morgan fingerprint density at radius 1 is 1.35 bits per heavy atom. The average Bonchev–Trinajstić information content (AvgIpc) is 2.34. The molecule has 4 heteroatoms. The molecule has 1 unspecified atom stereocenters. The fourth-order valence-corrected chi connectivity index (χ4v) is 1.25. The van der Waals surface area contributed by atoms with Crippen LogP contribution in [0.5, 0.6) is 0 Å². The summed E-state index contributed by atoms with van der Waals surface area (Å²) < 4.78 is 0. The zero-order valence-corrected chi connectivity index (χ0v) is 9.85. The summed E-state index contributed by atoms with van der Waals surface area (Å²) in [6.07, 6.45) is 2.14. The van der Waals surface area contributed by atoms with Crippen LogP contribution in [0.4, 0.5) is 0 Å². The maximum Gasteiger partial charge on any atom is 0.224 e. The molecule has 0 heterocycles. The zero-order valence-electron chi connectivity index (χ0n) is 9.85. The van der Waals surface area contributed by atoms with E-state index in [1.54, 1.807) is 13.3 Å². The van der Waals surface area contributed by atoms with Gasteiger partial charge in [-0.1, -0.05) is 37.3 Å². The van der Waals surface area contributed by atoms with E-state index in [0.717, 1.165) is 5.56 Å². The number of rotatable bonds is 6. The Hall–Kier alpha value is -1.84. The van der Waals surface area contributed by atoms with E-state index in [2.05, 4.69) is 5.32 Å². The SMILES string of the molecule is CC(CNC(=O)[CH]Cc1ccccc1)C(N)=O. The third kappa shape index (κ3) is 5.15. The van der Waals surface area contributed by atoms with E-state index < -0.39 is 5.91 Å². The molecule has 0 saturated carbocycles. The van der Waals surface area contributed by atoms with Gasteiger partial charge in [0.25, 0.3) is 0 Å². The minimum atomic E-state index is -0.409. The van der Waals surface area contributed by atoms with Crippen LogP contribution in [0.3, 0.4) is 0 Å². The molecule has 0 aliphatic carbocycles. The van der Waals surface area contributed by atoms with Crippen molar-refractivity contribution in [2.45, 2.75) is 13.3 Å². The number of primary amides is 1. The summed E-state index contributed by atoms with van der Waals surface area (Å²) in [7, 11) is 0. The highest BCUT2D eigenvalue weighted by Gasteiger charge is 2.10. The Labute approximate surface area is 101 Å². The molecule has 0 bridgehead atoms. The number of nitrogens with one attached hydrogen (secondary N) is 1. The molecule has 3 N–H and O–H groups in total. The number of carbonyl (C=O) groups is 2. The second-order valence-electron chi connectivity index (χ2n) is 3.94. The number of hydrogen-bond donors (Lipinski definition) is 2. The molecule has 1 rings (SSSR count). The van der Waals surface area contributed by atoms with E-state index in [1.807, 2.05) is 30.3 Å². The third-order valence-electron chi connectivity index (χ3n) is 2.43. The Kier molecular flexibility index (Phi) is 5.20. The summed E-state index contributed by atoms with van der Waals surface area (Å²) in [5, 5.41) is 2.64. The summed E-state index contributed by atoms with van der Waals surface area (Å²) in [5.74, 6) is -0.931. The minimum absolute atomic E-state index is 0.179. The Bertz CT molecular complexity index is 376. The van der Waals surface area contributed by atoms with Gasteiger partial charge in [-0.25, -0.2) is 0 Å². The van der Waals surface area contributed by atoms with E-state index in [4.69, 9.17) is 5.73 Å². The lowest BCUT2D eigenvalue weighted by Crippen LogP contribution is -2.34. The predicted octanol–water partition coefficient (Wildman–Crippen LogP) is 0.671. The van der Waals surface area contributed by atoms with Gasteiger partial charge in [0.15, 0.2) is 0 Å². The Morgan fingerprint density at radius 2 is 2.00 bits per heavy atom. The van der Waals surface area contributed by atoms with E-state index in [9.17, 15) is 9.59 Å². The number of hydrogen-bond acceptors (Lipinski definition) is 2. The van der Waals surface area contributed by atoms with Crippen molar-refractivity contribution >= 4 is 11.8 Å². The highest BCUT2D eigenvalue weighted by molar-refractivity contribution is 5.85. The molecule has 0 saturated heterocycles. The smallest absolute Gasteiger partial charge is 0.224 e. The first-order chi connectivity index (χ1) is 8.09. The van der Waals surface area contributed by atoms with Gasteiger partial charge in [-0.3, -0.25) is 9.59 Å². The van der Waals surface area contributed by atoms with Gasteiger partial charge < -0.3 is 11.1 Å². The van der Waals surface area contributed by atoms with Crippen LogP contribution in [-0.2, 0) is 16.0 Å². The average molecular weight is 233 g/mol. The summed E-state index contributed by atoms with van der Waals surface area (Å²) >= 11 is 0. The highest BCUT2D eigenvalue weighted by Crippen LogP contribution is 2.01. The molecule has 0 fully saturated rings. The summed E-state index contributed by atoms with van der Waals surface area (Å²) in [4.78, 5) is 22.2. The molecule has 0 spiro atoms. The van der Waals surface area contributed by atoms with Gasteiger partial charge in [0.2, 0.25) is 11.8 Å². The van der Waals surface area contributed by atoms with Crippen molar-refractivity contribution in [3.8, 4) is 0 Å². The first kappa shape index (κ1) is 13.2. The molecule has 1 aromatic rings. The second-order valence-corrected chi connectivity index (χ2v) is 3.94. The van der Waals surface area contributed by atoms with Gasteiger partial charge in [-0.05, 0) is 12.0 Å². The maximum absolute atomic E-state index is 11.4. The van der Waals surface area contributed by atoms with Crippen molar-refractivity contribution in [1.82, 2.24) is 5.32 Å². The summed E-state index contributed by atoms with van der Waals surface area (Å²) in [6.45, 7) is 1.96. The fraction of sp³-hybridized carbons (Fsp3) is 0.308. The Morgan fingerprint density at radius 3 is 2.59 bits per heavy atom. The summed E-state index contributed by atoms with van der Waals surface area (Å²) in [5.41, 5.74) is 6.16. The topological polar surface area (TPSA) is 72.2 Å². The summed E-state index contributed by atoms with van der Waals surface area (Å²) in [6, 6.07) is 9.69. The van der Waals surface area contributed by atoms with Gasteiger partial charge >= 0.3 is 0 Å². The fourth-order valence-electron chi connectivity index (χ4n) is 1.25. The van der Waals surface area contributed by atoms with Gasteiger partial charge in [0.05, 0.1) is 12.3 Å².